The summed E-state index contributed by atoms with van der Waals surface area (Å²) in [6, 6.07) is 19.1. The van der Waals surface area contributed by atoms with Gasteiger partial charge in [-0.05, 0) is 37.1 Å². The van der Waals surface area contributed by atoms with Crippen molar-refractivity contribution in [3.8, 4) is 0 Å². The molecule has 0 heterocycles. The first kappa shape index (κ1) is 13.6. The van der Waals surface area contributed by atoms with Gasteiger partial charge >= 0.3 is 0 Å². The normalized spacial score (nSPS) is 10.4. The fourth-order valence-electron chi connectivity index (χ4n) is 2.29. The quantitative estimate of drug-likeness (QED) is 0.856. The summed E-state index contributed by atoms with van der Waals surface area (Å²) in [6.45, 7) is 4.83. The lowest BCUT2D eigenvalue weighted by atomic mass is 10.1. The SMILES string of the molecule is Cc1ccccc1N(CCCN)Cc1ccccc1. The Kier molecular flexibility index (Phi) is 4.99. The third-order valence-corrected chi connectivity index (χ3v) is 3.30. The van der Waals surface area contributed by atoms with Gasteiger partial charge in [0.15, 0.2) is 0 Å². The monoisotopic (exact) mass is 254 g/mol. The van der Waals surface area contributed by atoms with Crippen molar-refractivity contribution in [2.24, 2.45) is 5.73 Å². The molecule has 0 amide bonds. The summed E-state index contributed by atoms with van der Waals surface area (Å²) in [7, 11) is 0. The van der Waals surface area contributed by atoms with Crippen molar-refractivity contribution in [2.45, 2.75) is 19.9 Å². The van der Waals surface area contributed by atoms with E-state index in [1.807, 2.05) is 0 Å². The lowest BCUT2D eigenvalue weighted by molar-refractivity contribution is 0.734. The lowest BCUT2D eigenvalue weighted by Gasteiger charge is -2.26. The molecule has 0 unspecified atom stereocenters. The number of nitrogens with zero attached hydrogens (tertiary/aromatic N) is 1. The van der Waals surface area contributed by atoms with E-state index < -0.39 is 0 Å². The third-order valence-electron chi connectivity index (χ3n) is 3.30. The molecule has 0 aliphatic heterocycles. The number of para-hydroxylation sites is 1. The molecular formula is C17H22N2. The zero-order valence-corrected chi connectivity index (χ0v) is 11.5. The summed E-state index contributed by atoms with van der Waals surface area (Å²) < 4.78 is 0. The molecule has 0 bridgehead atoms. The fraction of sp³-hybridized carbons (Fsp3) is 0.294. The molecule has 2 heteroatoms. The van der Waals surface area contributed by atoms with Crippen LogP contribution < -0.4 is 10.6 Å². The first-order valence-electron chi connectivity index (χ1n) is 6.86. The zero-order valence-electron chi connectivity index (χ0n) is 11.5. The number of hydrogen-bond donors (Lipinski definition) is 1. The second-order valence-electron chi connectivity index (χ2n) is 4.84. The van der Waals surface area contributed by atoms with Crippen LogP contribution in [0.2, 0.25) is 0 Å². The van der Waals surface area contributed by atoms with E-state index >= 15 is 0 Å². The summed E-state index contributed by atoms with van der Waals surface area (Å²) in [4.78, 5) is 2.41. The Labute approximate surface area is 115 Å². The first-order valence-corrected chi connectivity index (χ1v) is 6.86. The molecule has 0 spiro atoms. The highest BCUT2D eigenvalue weighted by Gasteiger charge is 2.08. The molecule has 2 nitrogen and oxygen atoms in total. The standard InChI is InChI=1S/C17H22N2/c1-15-8-5-6-11-17(15)19(13-7-12-18)14-16-9-3-2-4-10-16/h2-6,8-11H,7,12-14,18H2,1H3. The minimum Gasteiger partial charge on any atom is -0.367 e. The number of hydrogen-bond acceptors (Lipinski definition) is 2. The van der Waals surface area contributed by atoms with Crippen molar-refractivity contribution in [1.29, 1.82) is 0 Å². The van der Waals surface area contributed by atoms with Crippen LogP contribution >= 0.6 is 0 Å². The maximum atomic E-state index is 5.66. The van der Waals surface area contributed by atoms with Crippen LogP contribution in [0.15, 0.2) is 54.6 Å². The van der Waals surface area contributed by atoms with Gasteiger partial charge in [-0.25, -0.2) is 0 Å². The number of rotatable bonds is 6. The van der Waals surface area contributed by atoms with Crippen molar-refractivity contribution < 1.29 is 0 Å². The molecule has 2 rings (SSSR count). The smallest absolute Gasteiger partial charge is 0.0429 e. The Morgan fingerprint density at radius 3 is 2.32 bits per heavy atom. The van der Waals surface area contributed by atoms with Gasteiger partial charge in [0.1, 0.15) is 0 Å². The molecule has 19 heavy (non-hydrogen) atoms. The highest BCUT2D eigenvalue weighted by atomic mass is 15.1. The maximum Gasteiger partial charge on any atom is 0.0429 e. The van der Waals surface area contributed by atoms with Gasteiger partial charge in [0.25, 0.3) is 0 Å². The van der Waals surface area contributed by atoms with E-state index in [2.05, 4.69) is 66.4 Å². The van der Waals surface area contributed by atoms with E-state index in [4.69, 9.17) is 5.73 Å². The van der Waals surface area contributed by atoms with Gasteiger partial charge in [-0.3, -0.25) is 0 Å². The van der Waals surface area contributed by atoms with Gasteiger partial charge in [0.2, 0.25) is 0 Å². The molecule has 0 aromatic heterocycles. The Morgan fingerprint density at radius 1 is 0.947 bits per heavy atom. The molecule has 0 radical (unpaired) electrons. The van der Waals surface area contributed by atoms with E-state index in [-0.39, 0.29) is 0 Å². The maximum absolute atomic E-state index is 5.66. The first-order chi connectivity index (χ1) is 9.31. The molecule has 2 aromatic carbocycles. The topological polar surface area (TPSA) is 29.3 Å². The van der Waals surface area contributed by atoms with Crippen LogP contribution in [0.25, 0.3) is 0 Å². The Morgan fingerprint density at radius 2 is 1.63 bits per heavy atom. The molecule has 100 valence electrons. The molecule has 0 saturated heterocycles. The summed E-state index contributed by atoms with van der Waals surface area (Å²) >= 11 is 0. The highest BCUT2D eigenvalue weighted by Crippen LogP contribution is 2.21. The van der Waals surface area contributed by atoms with E-state index in [9.17, 15) is 0 Å². The Balaban J connectivity index is 2.19. The molecule has 0 saturated carbocycles. The van der Waals surface area contributed by atoms with Crippen molar-refractivity contribution >= 4 is 5.69 Å². The van der Waals surface area contributed by atoms with E-state index in [1.165, 1.54) is 16.8 Å². The van der Waals surface area contributed by atoms with Crippen LogP contribution in [-0.2, 0) is 6.54 Å². The molecule has 2 aromatic rings. The molecule has 2 N–H and O–H groups in total. The molecule has 0 atom stereocenters. The van der Waals surface area contributed by atoms with Gasteiger partial charge in [-0.1, -0.05) is 48.5 Å². The molecular weight excluding hydrogens is 232 g/mol. The minimum atomic E-state index is 0.733. The van der Waals surface area contributed by atoms with E-state index in [0.717, 1.165) is 26.1 Å². The predicted molar refractivity (Wildman–Crippen MR) is 82.3 cm³/mol. The van der Waals surface area contributed by atoms with Crippen LogP contribution in [0.3, 0.4) is 0 Å². The predicted octanol–water partition coefficient (Wildman–Crippen LogP) is 3.35. The minimum absolute atomic E-state index is 0.733. The summed E-state index contributed by atoms with van der Waals surface area (Å²) in [5, 5.41) is 0. The third kappa shape index (κ3) is 3.83. The van der Waals surface area contributed by atoms with Crippen LogP contribution in [0.1, 0.15) is 17.5 Å². The largest absolute Gasteiger partial charge is 0.367 e. The summed E-state index contributed by atoms with van der Waals surface area (Å²) in [5.74, 6) is 0. The van der Waals surface area contributed by atoms with Gasteiger partial charge in [0, 0.05) is 18.8 Å². The van der Waals surface area contributed by atoms with Crippen LogP contribution in [0.4, 0.5) is 5.69 Å². The Bertz CT molecular complexity index is 494. The number of benzene rings is 2. The van der Waals surface area contributed by atoms with Crippen molar-refractivity contribution in [2.75, 3.05) is 18.0 Å². The average Bonchev–Trinajstić information content (AvgIpc) is 2.45. The van der Waals surface area contributed by atoms with Crippen LogP contribution in [0, 0.1) is 6.92 Å². The highest BCUT2D eigenvalue weighted by molar-refractivity contribution is 5.53. The van der Waals surface area contributed by atoms with Crippen molar-refractivity contribution in [1.82, 2.24) is 0 Å². The van der Waals surface area contributed by atoms with Crippen LogP contribution in [0.5, 0.6) is 0 Å². The van der Waals surface area contributed by atoms with E-state index in [1.54, 1.807) is 0 Å². The van der Waals surface area contributed by atoms with Crippen molar-refractivity contribution in [3.05, 3.63) is 65.7 Å². The Hall–Kier alpha value is -1.80. The van der Waals surface area contributed by atoms with Crippen molar-refractivity contribution in [3.63, 3.8) is 0 Å². The number of anilines is 1. The summed E-state index contributed by atoms with van der Waals surface area (Å²) in [5.41, 5.74) is 9.62. The average molecular weight is 254 g/mol. The summed E-state index contributed by atoms with van der Waals surface area (Å²) in [6.07, 6.45) is 1.02. The fourth-order valence-corrected chi connectivity index (χ4v) is 2.29. The molecule has 0 fully saturated rings. The van der Waals surface area contributed by atoms with Gasteiger partial charge in [0.05, 0.1) is 0 Å². The van der Waals surface area contributed by atoms with Gasteiger partial charge < -0.3 is 10.6 Å². The van der Waals surface area contributed by atoms with Crippen LogP contribution in [-0.4, -0.2) is 13.1 Å². The number of nitrogens with two attached hydrogens (primary N) is 1. The lowest BCUT2D eigenvalue weighted by Crippen LogP contribution is -2.26. The second kappa shape index (κ2) is 6.95. The van der Waals surface area contributed by atoms with Gasteiger partial charge in [-0.2, -0.15) is 0 Å². The second-order valence-corrected chi connectivity index (χ2v) is 4.84. The van der Waals surface area contributed by atoms with Gasteiger partial charge in [-0.15, -0.1) is 0 Å². The molecule has 0 aliphatic rings. The zero-order chi connectivity index (χ0) is 13.5. The van der Waals surface area contributed by atoms with E-state index in [0.29, 0.717) is 0 Å². The number of aryl methyl sites for hydroxylation is 1. The molecule has 0 aliphatic carbocycles.